The third-order valence-corrected chi connectivity index (χ3v) is 4.24. The molecule has 1 aromatic rings. The minimum absolute atomic E-state index is 0.230. The molecule has 0 fully saturated rings. The zero-order valence-corrected chi connectivity index (χ0v) is 10.2. The molecule has 0 aliphatic rings. The molecule has 0 atom stereocenters. The molecule has 72 valence electrons. The molecular formula is C10H14ClFSi. The minimum Gasteiger partial charge on any atom is -0.205 e. The largest absolute Gasteiger partial charge is 0.205 e. The van der Waals surface area contributed by atoms with E-state index in [-0.39, 0.29) is 10.8 Å². The summed E-state index contributed by atoms with van der Waals surface area (Å²) in [5, 5.41) is 1.06. The molecular weight excluding hydrogens is 203 g/mol. The Balaban J connectivity index is 3.37. The molecule has 0 saturated carbocycles. The molecule has 0 spiro atoms. The standard InChI is InChI=1S/C10H14ClFSi/c1-7-5-8(11)10(12)9(6-7)13(2,3)4/h5-6H,1-4H3. The molecule has 3 heteroatoms. The van der Waals surface area contributed by atoms with Crippen LogP contribution in [0.25, 0.3) is 0 Å². The molecule has 0 heterocycles. The highest BCUT2D eigenvalue weighted by atomic mass is 35.5. The average molecular weight is 217 g/mol. The van der Waals surface area contributed by atoms with Crippen LogP contribution in [0.4, 0.5) is 4.39 Å². The van der Waals surface area contributed by atoms with Crippen molar-refractivity contribution in [2.24, 2.45) is 0 Å². The highest BCUT2D eigenvalue weighted by Gasteiger charge is 2.22. The van der Waals surface area contributed by atoms with Crippen molar-refractivity contribution < 1.29 is 4.39 Å². The minimum atomic E-state index is -1.60. The monoisotopic (exact) mass is 216 g/mol. The van der Waals surface area contributed by atoms with Crippen molar-refractivity contribution in [3.05, 3.63) is 28.5 Å². The van der Waals surface area contributed by atoms with Gasteiger partial charge in [0.05, 0.1) is 13.1 Å². The molecule has 13 heavy (non-hydrogen) atoms. The predicted molar refractivity (Wildman–Crippen MR) is 59.1 cm³/mol. The molecule has 0 aromatic heterocycles. The van der Waals surface area contributed by atoms with Crippen LogP contribution in [0.1, 0.15) is 5.56 Å². The quantitative estimate of drug-likeness (QED) is 0.632. The fraction of sp³-hybridized carbons (Fsp3) is 0.400. The van der Waals surface area contributed by atoms with E-state index < -0.39 is 8.07 Å². The van der Waals surface area contributed by atoms with Crippen LogP contribution in [0.15, 0.2) is 12.1 Å². The maximum atomic E-state index is 13.6. The van der Waals surface area contributed by atoms with Gasteiger partial charge in [0.15, 0.2) is 0 Å². The predicted octanol–water partition coefficient (Wildman–Crippen LogP) is 3.33. The highest BCUT2D eigenvalue weighted by molar-refractivity contribution is 6.88. The van der Waals surface area contributed by atoms with Gasteiger partial charge in [0.1, 0.15) is 5.82 Å². The first-order chi connectivity index (χ1) is 5.82. The molecule has 0 aliphatic heterocycles. The average Bonchev–Trinajstić information content (AvgIpc) is 1.94. The van der Waals surface area contributed by atoms with Crippen LogP contribution < -0.4 is 5.19 Å². The van der Waals surface area contributed by atoms with Gasteiger partial charge in [-0.25, -0.2) is 4.39 Å². The van der Waals surface area contributed by atoms with Gasteiger partial charge >= 0.3 is 0 Å². The van der Waals surface area contributed by atoms with E-state index in [2.05, 4.69) is 19.6 Å². The fourth-order valence-corrected chi connectivity index (χ4v) is 3.08. The molecule has 0 radical (unpaired) electrons. The summed E-state index contributed by atoms with van der Waals surface area (Å²) in [6.07, 6.45) is 0. The lowest BCUT2D eigenvalue weighted by molar-refractivity contribution is 0.635. The van der Waals surface area contributed by atoms with Crippen molar-refractivity contribution in [2.75, 3.05) is 0 Å². The molecule has 0 N–H and O–H groups in total. The number of aryl methyl sites for hydroxylation is 1. The zero-order valence-electron chi connectivity index (χ0n) is 8.41. The van der Waals surface area contributed by atoms with Crippen LogP contribution in [0.2, 0.25) is 24.7 Å². The topological polar surface area (TPSA) is 0 Å². The van der Waals surface area contributed by atoms with Crippen LogP contribution >= 0.6 is 11.6 Å². The van der Waals surface area contributed by atoms with Crippen molar-refractivity contribution in [1.29, 1.82) is 0 Å². The van der Waals surface area contributed by atoms with E-state index in [1.165, 1.54) is 0 Å². The molecule has 1 aromatic carbocycles. The zero-order chi connectivity index (χ0) is 10.2. The van der Waals surface area contributed by atoms with Crippen LogP contribution in [-0.2, 0) is 0 Å². The van der Waals surface area contributed by atoms with Gasteiger partial charge in [0.25, 0.3) is 0 Å². The SMILES string of the molecule is Cc1cc(Cl)c(F)c([Si](C)(C)C)c1. The third-order valence-electron chi connectivity index (χ3n) is 1.98. The van der Waals surface area contributed by atoms with Crippen LogP contribution in [0, 0.1) is 12.7 Å². The normalized spacial score (nSPS) is 11.8. The Bertz CT molecular complexity index is 328. The molecule has 0 aliphatic carbocycles. The van der Waals surface area contributed by atoms with Gasteiger partial charge in [0, 0.05) is 0 Å². The molecule has 0 amide bonds. The number of hydrogen-bond acceptors (Lipinski definition) is 0. The first-order valence-corrected chi connectivity index (χ1v) is 8.16. The lowest BCUT2D eigenvalue weighted by Gasteiger charge is -2.18. The summed E-state index contributed by atoms with van der Waals surface area (Å²) in [6.45, 7) is 8.28. The second kappa shape index (κ2) is 3.43. The summed E-state index contributed by atoms with van der Waals surface area (Å²) in [6, 6.07) is 3.58. The Morgan fingerprint density at radius 3 is 2.23 bits per heavy atom. The Hall–Kier alpha value is -0.343. The number of benzene rings is 1. The van der Waals surface area contributed by atoms with Gasteiger partial charge in [-0.1, -0.05) is 37.3 Å². The van der Waals surface area contributed by atoms with Crippen molar-refractivity contribution in [3.63, 3.8) is 0 Å². The smallest absolute Gasteiger partial charge is 0.141 e. The number of halogens is 2. The molecule has 1 rings (SSSR count). The lowest BCUT2D eigenvalue weighted by atomic mass is 10.2. The Kier molecular flexibility index (Phi) is 2.83. The van der Waals surface area contributed by atoms with Gasteiger partial charge in [-0.2, -0.15) is 0 Å². The first-order valence-electron chi connectivity index (χ1n) is 4.28. The van der Waals surface area contributed by atoms with Crippen LogP contribution in [0.3, 0.4) is 0 Å². The van der Waals surface area contributed by atoms with Gasteiger partial charge in [-0.3, -0.25) is 0 Å². The van der Waals surface area contributed by atoms with Gasteiger partial charge < -0.3 is 0 Å². The first kappa shape index (κ1) is 10.7. The van der Waals surface area contributed by atoms with Crippen LogP contribution in [0.5, 0.6) is 0 Å². The van der Waals surface area contributed by atoms with Crippen molar-refractivity contribution >= 4 is 24.9 Å². The molecule has 0 nitrogen and oxygen atoms in total. The molecule has 0 unspecified atom stereocenters. The van der Waals surface area contributed by atoms with E-state index >= 15 is 0 Å². The van der Waals surface area contributed by atoms with E-state index in [0.717, 1.165) is 10.8 Å². The Labute approximate surface area is 84.7 Å². The van der Waals surface area contributed by atoms with E-state index in [4.69, 9.17) is 11.6 Å². The van der Waals surface area contributed by atoms with Gasteiger partial charge in [-0.15, -0.1) is 0 Å². The van der Waals surface area contributed by atoms with Crippen molar-refractivity contribution in [3.8, 4) is 0 Å². The Morgan fingerprint density at radius 1 is 1.23 bits per heavy atom. The fourth-order valence-electron chi connectivity index (χ4n) is 1.27. The summed E-state index contributed by atoms with van der Waals surface area (Å²) in [7, 11) is -1.60. The van der Waals surface area contributed by atoms with Gasteiger partial charge in [0.2, 0.25) is 0 Å². The highest BCUT2D eigenvalue weighted by Crippen LogP contribution is 2.17. The van der Waals surface area contributed by atoms with E-state index in [1.807, 2.05) is 13.0 Å². The summed E-state index contributed by atoms with van der Waals surface area (Å²) >= 11 is 5.77. The second-order valence-corrected chi connectivity index (χ2v) is 9.80. The lowest BCUT2D eigenvalue weighted by Crippen LogP contribution is -2.40. The van der Waals surface area contributed by atoms with E-state index in [1.54, 1.807) is 6.07 Å². The number of hydrogen-bond donors (Lipinski definition) is 0. The number of rotatable bonds is 1. The van der Waals surface area contributed by atoms with Gasteiger partial charge in [-0.05, 0) is 23.7 Å². The maximum Gasteiger partial charge on any atom is 0.141 e. The maximum absolute atomic E-state index is 13.6. The van der Waals surface area contributed by atoms with E-state index in [9.17, 15) is 4.39 Å². The van der Waals surface area contributed by atoms with E-state index in [0.29, 0.717) is 0 Å². The van der Waals surface area contributed by atoms with Crippen molar-refractivity contribution in [2.45, 2.75) is 26.6 Å². The summed E-state index contributed by atoms with van der Waals surface area (Å²) in [5.74, 6) is -0.230. The Morgan fingerprint density at radius 2 is 1.77 bits per heavy atom. The summed E-state index contributed by atoms with van der Waals surface area (Å²) in [4.78, 5) is 0. The second-order valence-electron chi connectivity index (χ2n) is 4.36. The molecule has 0 bridgehead atoms. The summed E-state index contributed by atoms with van der Waals surface area (Å²) in [5.41, 5.74) is 1.03. The van der Waals surface area contributed by atoms with Crippen LogP contribution in [-0.4, -0.2) is 8.07 Å². The molecule has 0 saturated heterocycles. The third kappa shape index (κ3) is 2.32. The van der Waals surface area contributed by atoms with Crippen molar-refractivity contribution in [1.82, 2.24) is 0 Å². The summed E-state index contributed by atoms with van der Waals surface area (Å²) < 4.78 is 13.6.